The molecule has 24 heavy (non-hydrogen) atoms. The number of pyridine rings is 2. The van der Waals surface area contributed by atoms with Crippen LogP contribution < -0.4 is 4.90 Å². The highest BCUT2D eigenvalue weighted by Gasteiger charge is 2.21. The highest BCUT2D eigenvalue weighted by molar-refractivity contribution is 5.48. The van der Waals surface area contributed by atoms with Crippen molar-refractivity contribution in [3.8, 4) is 0 Å². The van der Waals surface area contributed by atoms with E-state index in [1.165, 1.54) is 16.7 Å². The molecule has 3 aromatic rings. The molecule has 0 spiro atoms. The number of nitrogens with zero attached hydrogens (tertiary/aromatic N) is 4. The van der Waals surface area contributed by atoms with Crippen molar-refractivity contribution in [2.75, 3.05) is 18.0 Å². The maximum Gasteiger partial charge on any atom is 0.133 e. The molecule has 0 bridgehead atoms. The molecule has 0 aromatic carbocycles. The molecule has 0 saturated carbocycles. The maximum absolute atomic E-state index is 5.20. The fourth-order valence-corrected chi connectivity index (χ4v) is 3.17. The molecule has 1 aliphatic heterocycles. The Morgan fingerprint density at radius 2 is 1.96 bits per heavy atom. The van der Waals surface area contributed by atoms with E-state index in [1.54, 1.807) is 6.26 Å². The average molecular weight is 320 g/mol. The molecule has 4 heterocycles. The molecule has 0 amide bonds. The van der Waals surface area contributed by atoms with Crippen LogP contribution in [0.4, 0.5) is 5.82 Å². The first-order valence-electron chi connectivity index (χ1n) is 8.20. The van der Waals surface area contributed by atoms with Gasteiger partial charge in [-0.3, -0.25) is 9.88 Å². The van der Waals surface area contributed by atoms with Gasteiger partial charge in [0, 0.05) is 62.4 Å². The van der Waals surface area contributed by atoms with Crippen LogP contribution >= 0.6 is 0 Å². The molecule has 0 aliphatic carbocycles. The molecule has 0 saturated heterocycles. The SMILES string of the molecule is c1cncc(CN2CCN(Cc3ccoc3)Cc3cccnc32)c1. The molecule has 0 N–H and O–H groups in total. The molecule has 1 aliphatic rings. The van der Waals surface area contributed by atoms with Crippen molar-refractivity contribution in [3.63, 3.8) is 0 Å². The van der Waals surface area contributed by atoms with E-state index in [4.69, 9.17) is 4.42 Å². The first-order valence-corrected chi connectivity index (χ1v) is 8.20. The minimum atomic E-state index is 0.831. The van der Waals surface area contributed by atoms with Crippen molar-refractivity contribution in [1.29, 1.82) is 0 Å². The van der Waals surface area contributed by atoms with Crippen molar-refractivity contribution in [1.82, 2.24) is 14.9 Å². The Balaban J connectivity index is 1.56. The number of hydrogen-bond donors (Lipinski definition) is 0. The van der Waals surface area contributed by atoms with Crippen molar-refractivity contribution in [3.05, 3.63) is 78.1 Å². The summed E-state index contributed by atoms with van der Waals surface area (Å²) < 4.78 is 5.20. The van der Waals surface area contributed by atoms with Gasteiger partial charge in [0.05, 0.1) is 12.5 Å². The first kappa shape index (κ1) is 14.9. The third-order valence-corrected chi connectivity index (χ3v) is 4.33. The highest BCUT2D eigenvalue weighted by atomic mass is 16.3. The van der Waals surface area contributed by atoms with Crippen molar-refractivity contribution in [2.24, 2.45) is 0 Å². The van der Waals surface area contributed by atoms with Gasteiger partial charge >= 0.3 is 0 Å². The van der Waals surface area contributed by atoms with E-state index in [-0.39, 0.29) is 0 Å². The quantitative estimate of drug-likeness (QED) is 0.739. The number of anilines is 1. The lowest BCUT2D eigenvalue weighted by molar-refractivity contribution is 0.267. The minimum Gasteiger partial charge on any atom is -0.472 e. The van der Waals surface area contributed by atoms with Gasteiger partial charge in [-0.05, 0) is 23.8 Å². The van der Waals surface area contributed by atoms with Gasteiger partial charge in [0.1, 0.15) is 5.82 Å². The van der Waals surface area contributed by atoms with Gasteiger partial charge in [-0.15, -0.1) is 0 Å². The van der Waals surface area contributed by atoms with Crippen LogP contribution in [-0.4, -0.2) is 28.0 Å². The van der Waals surface area contributed by atoms with Crippen LogP contribution in [-0.2, 0) is 19.6 Å². The van der Waals surface area contributed by atoms with Crippen molar-refractivity contribution >= 4 is 5.82 Å². The third kappa shape index (κ3) is 3.31. The summed E-state index contributed by atoms with van der Waals surface area (Å²) in [5, 5.41) is 0. The van der Waals surface area contributed by atoms with Crippen LogP contribution in [0.2, 0.25) is 0 Å². The summed E-state index contributed by atoms with van der Waals surface area (Å²) in [5.74, 6) is 1.08. The molecule has 3 aromatic heterocycles. The summed E-state index contributed by atoms with van der Waals surface area (Å²) in [6, 6.07) is 10.3. The molecule has 5 heteroatoms. The van der Waals surface area contributed by atoms with E-state index in [0.717, 1.165) is 38.5 Å². The Hall–Kier alpha value is -2.66. The van der Waals surface area contributed by atoms with E-state index in [0.29, 0.717) is 0 Å². The molecule has 4 rings (SSSR count). The second-order valence-electron chi connectivity index (χ2n) is 6.11. The van der Waals surface area contributed by atoms with E-state index < -0.39 is 0 Å². The second kappa shape index (κ2) is 6.84. The average Bonchev–Trinajstić information content (AvgIpc) is 3.06. The van der Waals surface area contributed by atoms with Crippen LogP contribution in [0.25, 0.3) is 0 Å². The number of hydrogen-bond acceptors (Lipinski definition) is 5. The van der Waals surface area contributed by atoms with Crippen LogP contribution in [0.15, 0.2) is 65.9 Å². The molecular weight excluding hydrogens is 300 g/mol. The molecule has 5 nitrogen and oxygen atoms in total. The topological polar surface area (TPSA) is 45.4 Å². The summed E-state index contributed by atoms with van der Waals surface area (Å²) in [4.78, 5) is 13.7. The molecule has 0 radical (unpaired) electrons. The van der Waals surface area contributed by atoms with E-state index >= 15 is 0 Å². The molecule has 0 atom stereocenters. The molecule has 0 unspecified atom stereocenters. The molecule has 0 fully saturated rings. The smallest absolute Gasteiger partial charge is 0.133 e. The zero-order chi connectivity index (χ0) is 16.2. The number of rotatable bonds is 4. The lowest BCUT2D eigenvalue weighted by atomic mass is 10.2. The van der Waals surface area contributed by atoms with Crippen molar-refractivity contribution < 1.29 is 4.42 Å². The Labute approximate surface area is 141 Å². The van der Waals surface area contributed by atoms with Gasteiger partial charge in [-0.1, -0.05) is 12.1 Å². The minimum absolute atomic E-state index is 0.831. The predicted molar refractivity (Wildman–Crippen MR) is 92.3 cm³/mol. The first-order chi connectivity index (χ1) is 11.9. The van der Waals surface area contributed by atoms with Gasteiger partial charge < -0.3 is 9.32 Å². The maximum atomic E-state index is 5.20. The summed E-state index contributed by atoms with van der Waals surface area (Å²) in [5.41, 5.74) is 3.68. The zero-order valence-electron chi connectivity index (χ0n) is 13.5. The van der Waals surface area contributed by atoms with E-state index in [9.17, 15) is 0 Å². The number of fused-ring (bicyclic) bond motifs is 1. The third-order valence-electron chi connectivity index (χ3n) is 4.33. The summed E-state index contributed by atoms with van der Waals surface area (Å²) >= 11 is 0. The largest absolute Gasteiger partial charge is 0.472 e. The van der Waals surface area contributed by atoms with Crippen LogP contribution in [0.1, 0.15) is 16.7 Å². The van der Waals surface area contributed by atoms with Gasteiger partial charge in [0.15, 0.2) is 0 Å². The van der Waals surface area contributed by atoms with Crippen LogP contribution in [0.3, 0.4) is 0 Å². The van der Waals surface area contributed by atoms with Crippen LogP contribution in [0.5, 0.6) is 0 Å². The van der Waals surface area contributed by atoms with Crippen molar-refractivity contribution in [2.45, 2.75) is 19.6 Å². The Morgan fingerprint density at radius 3 is 2.79 bits per heavy atom. The fraction of sp³-hybridized carbons (Fsp3) is 0.263. The van der Waals surface area contributed by atoms with Gasteiger partial charge in [0.25, 0.3) is 0 Å². The summed E-state index contributed by atoms with van der Waals surface area (Å²) in [6.07, 6.45) is 9.17. The van der Waals surface area contributed by atoms with Gasteiger partial charge in [-0.25, -0.2) is 4.98 Å². The fourth-order valence-electron chi connectivity index (χ4n) is 3.17. The van der Waals surface area contributed by atoms with E-state index in [2.05, 4.69) is 31.9 Å². The van der Waals surface area contributed by atoms with E-state index in [1.807, 2.05) is 43.1 Å². The Morgan fingerprint density at radius 1 is 1.00 bits per heavy atom. The number of aromatic nitrogens is 2. The lowest BCUT2D eigenvalue weighted by Gasteiger charge is -2.23. The normalized spacial score (nSPS) is 15.1. The Kier molecular flexibility index (Phi) is 4.25. The predicted octanol–water partition coefficient (Wildman–Crippen LogP) is 3.09. The Bertz CT molecular complexity index is 773. The molecule has 122 valence electrons. The standard InChI is InChI=1S/C19H20N4O/c1-3-16(11-20-6-1)13-23-9-8-22(12-17-5-10-24-15-17)14-18-4-2-7-21-19(18)23/h1-7,10-11,15H,8-9,12-14H2. The highest BCUT2D eigenvalue weighted by Crippen LogP contribution is 2.24. The second-order valence-corrected chi connectivity index (χ2v) is 6.11. The zero-order valence-corrected chi connectivity index (χ0v) is 13.5. The number of furan rings is 1. The van der Waals surface area contributed by atoms with Crippen LogP contribution in [0, 0.1) is 0 Å². The summed E-state index contributed by atoms with van der Waals surface area (Å²) in [7, 11) is 0. The van der Waals surface area contributed by atoms with Gasteiger partial charge in [-0.2, -0.15) is 0 Å². The monoisotopic (exact) mass is 320 g/mol. The summed E-state index contributed by atoms with van der Waals surface area (Å²) in [6.45, 7) is 4.55. The van der Waals surface area contributed by atoms with Gasteiger partial charge in [0.2, 0.25) is 0 Å². The molecular formula is C19H20N4O. The lowest BCUT2D eigenvalue weighted by Crippen LogP contribution is -2.31.